The second-order valence-corrected chi connectivity index (χ2v) is 9.04. The number of rotatable bonds is 4. The van der Waals surface area contributed by atoms with Crippen LogP contribution in [0.4, 0.5) is 0 Å². The summed E-state index contributed by atoms with van der Waals surface area (Å²) in [6.07, 6.45) is 5.47. The molecule has 0 unspecified atom stereocenters. The third-order valence-corrected chi connectivity index (χ3v) is 7.37. The van der Waals surface area contributed by atoms with Crippen molar-refractivity contribution in [3.8, 4) is 17.0 Å². The van der Waals surface area contributed by atoms with Crippen LogP contribution in [0.1, 0.15) is 42.3 Å². The zero-order chi connectivity index (χ0) is 20.8. The van der Waals surface area contributed by atoms with Crippen molar-refractivity contribution in [2.45, 2.75) is 31.2 Å². The largest absolute Gasteiger partial charge is 0.494 e. The Morgan fingerprint density at radius 3 is 2.06 bits per heavy atom. The standard InChI is InChI=1S/C28H28N2O/c31-28-22-8-2-1-7-20(22)19-30(28)21-13-16-29(17-14-21)18-15-27-25-11-5-3-9-23(25)24-10-4-6-12-26(24)27/h1-12,19,21,27,31H,13-18H2. The summed E-state index contributed by atoms with van der Waals surface area (Å²) in [7, 11) is 0. The van der Waals surface area contributed by atoms with Crippen molar-refractivity contribution in [1.29, 1.82) is 0 Å². The molecule has 1 fully saturated rings. The molecule has 1 N–H and O–H groups in total. The van der Waals surface area contributed by atoms with Crippen LogP contribution in [-0.2, 0) is 0 Å². The van der Waals surface area contributed by atoms with Crippen LogP contribution in [0.25, 0.3) is 21.9 Å². The maximum Gasteiger partial charge on any atom is 0.199 e. The number of likely N-dealkylation sites (tertiary alicyclic amines) is 1. The Bertz CT molecular complexity index is 1190. The average molecular weight is 409 g/mol. The van der Waals surface area contributed by atoms with E-state index in [-0.39, 0.29) is 0 Å². The lowest BCUT2D eigenvalue weighted by Crippen LogP contribution is -2.35. The Morgan fingerprint density at radius 2 is 1.39 bits per heavy atom. The van der Waals surface area contributed by atoms with Gasteiger partial charge in [-0.15, -0.1) is 0 Å². The fraction of sp³-hybridized carbons (Fsp3) is 0.286. The molecule has 4 aromatic rings. The van der Waals surface area contributed by atoms with Crippen LogP contribution in [0.5, 0.6) is 5.88 Å². The molecule has 0 bridgehead atoms. The van der Waals surface area contributed by atoms with E-state index in [0.717, 1.165) is 49.7 Å². The molecule has 2 aliphatic rings. The van der Waals surface area contributed by atoms with Crippen LogP contribution in [0, 0.1) is 0 Å². The van der Waals surface area contributed by atoms with Gasteiger partial charge in [0.05, 0.1) is 0 Å². The first-order valence-corrected chi connectivity index (χ1v) is 11.5. The van der Waals surface area contributed by atoms with E-state index in [4.69, 9.17) is 0 Å². The molecular weight excluding hydrogens is 380 g/mol. The van der Waals surface area contributed by atoms with Gasteiger partial charge in [0.2, 0.25) is 0 Å². The first-order chi connectivity index (χ1) is 15.3. The minimum atomic E-state index is 0.386. The number of hydrogen-bond acceptors (Lipinski definition) is 2. The van der Waals surface area contributed by atoms with E-state index in [2.05, 4.69) is 70.3 Å². The number of benzene rings is 3. The number of fused-ring (bicyclic) bond motifs is 4. The van der Waals surface area contributed by atoms with Gasteiger partial charge in [0.25, 0.3) is 0 Å². The highest BCUT2D eigenvalue weighted by Crippen LogP contribution is 2.46. The first kappa shape index (κ1) is 18.7. The van der Waals surface area contributed by atoms with Crippen molar-refractivity contribution in [2.24, 2.45) is 0 Å². The number of piperidine rings is 1. The Labute approximate surface area is 183 Å². The third-order valence-electron chi connectivity index (χ3n) is 7.37. The minimum absolute atomic E-state index is 0.386. The van der Waals surface area contributed by atoms with E-state index in [1.165, 1.54) is 22.3 Å². The van der Waals surface area contributed by atoms with Gasteiger partial charge < -0.3 is 14.6 Å². The van der Waals surface area contributed by atoms with Crippen molar-refractivity contribution in [3.63, 3.8) is 0 Å². The molecule has 2 heterocycles. The van der Waals surface area contributed by atoms with E-state index in [0.29, 0.717) is 17.8 Å². The van der Waals surface area contributed by atoms with Crippen LogP contribution >= 0.6 is 0 Å². The van der Waals surface area contributed by atoms with Crippen LogP contribution in [0.15, 0.2) is 79.0 Å². The highest BCUT2D eigenvalue weighted by Gasteiger charge is 2.29. The van der Waals surface area contributed by atoms with E-state index in [1.807, 2.05) is 18.2 Å². The Morgan fingerprint density at radius 1 is 0.774 bits per heavy atom. The lowest BCUT2D eigenvalue weighted by Gasteiger charge is -2.33. The van der Waals surface area contributed by atoms with E-state index >= 15 is 0 Å². The lowest BCUT2D eigenvalue weighted by atomic mass is 9.93. The molecule has 156 valence electrons. The highest BCUT2D eigenvalue weighted by molar-refractivity contribution is 5.87. The summed E-state index contributed by atoms with van der Waals surface area (Å²) in [5.41, 5.74) is 5.80. The van der Waals surface area contributed by atoms with Gasteiger partial charge in [-0.2, -0.15) is 0 Å². The topological polar surface area (TPSA) is 28.4 Å². The van der Waals surface area contributed by atoms with E-state index in [1.54, 1.807) is 0 Å². The van der Waals surface area contributed by atoms with E-state index in [9.17, 15) is 5.11 Å². The molecule has 3 nitrogen and oxygen atoms in total. The molecule has 0 spiro atoms. The average Bonchev–Trinajstić information content (AvgIpc) is 3.33. The van der Waals surface area contributed by atoms with Crippen LogP contribution < -0.4 is 0 Å². The molecule has 0 radical (unpaired) electrons. The van der Waals surface area contributed by atoms with Crippen molar-refractivity contribution in [1.82, 2.24) is 9.47 Å². The molecule has 1 aliphatic heterocycles. The predicted octanol–water partition coefficient (Wildman–Crippen LogP) is 6.19. The van der Waals surface area contributed by atoms with Gasteiger partial charge in [0.1, 0.15) is 0 Å². The van der Waals surface area contributed by atoms with Gasteiger partial charge in [-0.1, -0.05) is 66.7 Å². The monoisotopic (exact) mass is 408 g/mol. The SMILES string of the molecule is Oc1c2ccccc2cn1C1CCN(CCC2c3ccccc3-c3ccccc32)CC1. The van der Waals surface area contributed by atoms with Crippen LogP contribution in [-0.4, -0.2) is 34.2 Å². The van der Waals surface area contributed by atoms with Gasteiger partial charge >= 0.3 is 0 Å². The second kappa shape index (κ2) is 7.58. The van der Waals surface area contributed by atoms with E-state index < -0.39 is 0 Å². The number of aromatic hydroxyl groups is 1. The van der Waals surface area contributed by atoms with Crippen LogP contribution in [0.3, 0.4) is 0 Å². The summed E-state index contributed by atoms with van der Waals surface area (Å²) < 4.78 is 2.10. The Balaban J connectivity index is 1.14. The molecular formula is C28H28N2O. The zero-order valence-corrected chi connectivity index (χ0v) is 17.7. The molecule has 3 heteroatoms. The number of nitrogens with zero attached hydrogens (tertiary/aromatic N) is 2. The molecule has 0 amide bonds. The molecule has 3 aromatic carbocycles. The summed E-state index contributed by atoms with van der Waals surface area (Å²) >= 11 is 0. The highest BCUT2D eigenvalue weighted by atomic mass is 16.3. The van der Waals surface area contributed by atoms with Crippen molar-refractivity contribution >= 4 is 10.8 Å². The van der Waals surface area contributed by atoms with Gasteiger partial charge in [0, 0.05) is 42.0 Å². The van der Waals surface area contributed by atoms with Crippen molar-refractivity contribution in [2.75, 3.05) is 19.6 Å². The molecule has 0 saturated carbocycles. The predicted molar refractivity (Wildman–Crippen MR) is 127 cm³/mol. The van der Waals surface area contributed by atoms with Crippen molar-refractivity contribution in [3.05, 3.63) is 90.1 Å². The smallest absolute Gasteiger partial charge is 0.199 e. The third kappa shape index (κ3) is 3.16. The molecule has 1 saturated heterocycles. The number of hydrogen-bond donors (Lipinski definition) is 1. The maximum atomic E-state index is 10.7. The number of aromatic nitrogens is 1. The van der Waals surface area contributed by atoms with Gasteiger partial charge in [-0.05, 0) is 54.1 Å². The fourth-order valence-corrected chi connectivity index (χ4v) is 5.75. The summed E-state index contributed by atoms with van der Waals surface area (Å²) in [5.74, 6) is 0.928. The first-order valence-electron chi connectivity index (χ1n) is 11.5. The van der Waals surface area contributed by atoms with Gasteiger partial charge in [-0.25, -0.2) is 0 Å². The summed E-state index contributed by atoms with van der Waals surface area (Å²) in [6, 6.07) is 26.3. The molecule has 1 aromatic heterocycles. The lowest BCUT2D eigenvalue weighted by molar-refractivity contribution is 0.178. The summed E-state index contributed by atoms with van der Waals surface area (Å²) in [5, 5.41) is 12.8. The Hall–Kier alpha value is -3.04. The van der Waals surface area contributed by atoms with Gasteiger partial charge in [0.15, 0.2) is 5.88 Å². The maximum absolute atomic E-state index is 10.7. The second-order valence-electron chi connectivity index (χ2n) is 9.04. The molecule has 1 aliphatic carbocycles. The molecule has 6 rings (SSSR count). The summed E-state index contributed by atoms with van der Waals surface area (Å²) in [4.78, 5) is 2.61. The Kier molecular flexibility index (Phi) is 4.57. The van der Waals surface area contributed by atoms with Gasteiger partial charge in [-0.3, -0.25) is 0 Å². The normalized spacial score (nSPS) is 17.2. The van der Waals surface area contributed by atoms with Crippen molar-refractivity contribution < 1.29 is 5.11 Å². The minimum Gasteiger partial charge on any atom is -0.494 e. The quantitative estimate of drug-likeness (QED) is 0.436. The fourth-order valence-electron chi connectivity index (χ4n) is 5.75. The summed E-state index contributed by atoms with van der Waals surface area (Å²) in [6.45, 7) is 3.31. The molecule has 0 atom stereocenters. The van der Waals surface area contributed by atoms with Crippen LogP contribution in [0.2, 0.25) is 0 Å². The molecule has 31 heavy (non-hydrogen) atoms. The zero-order valence-electron chi connectivity index (χ0n) is 17.7.